The van der Waals surface area contributed by atoms with Gasteiger partial charge in [0.25, 0.3) is 0 Å². The van der Waals surface area contributed by atoms with Crippen molar-refractivity contribution in [1.82, 2.24) is 0 Å². The number of rotatable bonds is 3. The highest BCUT2D eigenvalue weighted by atomic mass is 16.6. The third-order valence-corrected chi connectivity index (χ3v) is 6.74. The summed E-state index contributed by atoms with van der Waals surface area (Å²) in [7, 11) is 0. The number of carbonyl (C=O) groups excluding carboxylic acids is 3. The van der Waals surface area contributed by atoms with E-state index >= 15 is 0 Å². The first-order chi connectivity index (χ1) is 11.7. The van der Waals surface area contributed by atoms with Crippen LogP contribution in [0.1, 0.15) is 47.5 Å². The van der Waals surface area contributed by atoms with Gasteiger partial charge in [-0.1, -0.05) is 33.8 Å². The van der Waals surface area contributed by atoms with Gasteiger partial charge in [0.1, 0.15) is 12.2 Å². The van der Waals surface area contributed by atoms with Crippen LogP contribution in [0.15, 0.2) is 12.2 Å². The Morgan fingerprint density at radius 2 is 2.08 bits per heavy atom. The second kappa shape index (κ2) is 6.26. The van der Waals surface area contributed by atoms with Crippen molar-refractivity contribution in [2.75, 3.05) is 0 Å². The molecule has 1 saturated carbocycles. The largest absolute Gasteiger partial charge is 0.462 e. The van der Waals surface area contributed by atoms with Crippen LogP contribution in [-0.2, 0) is 23.9 Å². The van der Waals surface area contributed by atoms with Crippen LogP contribution in [0.5, 0.6) is 0 Å². The molecular formula is C20H28O5. The first kappa shape index (κ1) is 18.2. The maximum Gasteiger partial charge on any atom is 0.309 e. The number of esters is 2. The van der Waals surface area contributed by atoms with Crippen LogP contribution in [-0.4, -0.2) is 29.9 Å². The standard InChI is InChI=1S/C20H28O5/c1-6-10(2)18(22)25-17-16-12(4)19(23)24-14(16)9-11(3)13-7-8-15(21)20(13,17)5/h7-8,10-14,16-17H,6,9H2,1-5H3/t10?,11-,12-,13?,14-,16-,17+,20+/m1/s1. The molecule has 3 rings (SSSR count). The van der Waals surface area contributed by atoms with E-state index in [1.54, 1.807) is 6.08 Å². The number of ether oxygens (including phenoxy) is 2. The number of hydrogen-bond donors (Lipinski definition) is 0. The minimum atomic E-state index is -0.829. The zero-order chi connectivity index (χ0) is 18.5. The minimum Gasteiger partial charge on any atom is -0.462 e. The van der Waals surface area contributed by atoms with Crippen LogP contribution in [0.25, 0.3) is 0 Å². The van der Waals surface area contributed by atoms with Crippen molar-refractivity contribution in [2.24, 2.45) is 35.0 Å². The quantitative estimate of drug-likeness (QED) is 0.734. The molecule has 5 heteroatoms. The molecule has 0 bridgehead atoms. The van der Waals surface area contributed by atoms with Gasteiger partial charge in [0.15, 0.2) is 5.78 Å². The Kier molecular flexibility index (Phi) is 4.54. The lowest BCUT2D eigenvalue weighted by Crippen LogP contribution is -2.50. The molecule has 138 valence electrons. The van der Waals surface area contributed by atoms with Crippen LogP contribution in [0.4, 0.5) is 0 Å². The highest BCUT2D eigenvalue weighted by Crippen LogP contribution is 2.54. The minimum absolute atomic E-state index is 0.00812. The Morgan fingerprint density at radius 1 is 1.40 bits per heavy atom. The molecule has 25 heavy (non-hydrogen) atoms. The highest BCUT2D eigenvalue weighted by Gasteiger charge is 2.62. The molecule has 5 nitrogen and oxygen atoms in total. The predicted molar refractivity (Wildman–Crippen MR) is 91.4 cm³/mol. The van der Waals surface area contributed by atoms with E-state index in [-0.39, 0.29) is 53.4 Å². The van der Waals surface area contributed by atoms with Crippen molar-refractivity contribution >= 4 is 17.7 Å². The molecule has 0 N–H and O–H groups in total. The molecule has 2 aliphatic carbocycles. The molecule has 1 aliphatic heterocycles. The van der Waals surface area contributed by atoms with Crippen molar-refractivity contribution in [1.29, 1.82) is 0 Å². The zero-order valence-corrected chi connectivity index (χ0v) is 15.7. The van der Waals surface area contributed by atoms with Gasteiger partial charge in [-0.25, -0.2) is 0 Å². The van der Waals surface area contributed by atoms with Gasteiger partial charge in [-0.15, -0.1) is 0 Å². The van der Waals surface area contributed by atoms with E-state index in [1.807, 2.05) is 33.8 Å². The summed E-state index contributed by atoms with van der Waals surface area (Å²) >= 11 is 0. The summed E-state index contributed by atoms with van der Waals surface area (Å²) in [6.45, 7) is 9.55. The molecule has 0 spiro atoms. The van der Waals surface area contributed by atoms with Crippen molar-refractivity contribution < 1.29 is 23.9 Å². The topological polar surface area (TPSA) is 69.7 Å². The van der Waals surface area contributed by atoms with Crippen LogP contribution in [0, 0.1) is 35.0 Å². The summed E-state index contributed by atoms with van der Waals surface area (Å²) in [6.07, 6.45) is 4.00. The first-order valence-electron chi connectivity index (χ1n) is 9.35. The van der Waals surface area contributed by atoms with E-state index in [2.05, 4.69) is 6.92 Å². The molecule has 0 aromatic heterocycles. The summed E-state index contributed by atoms with van der Waals surface area (Å²) in [5, 5.41) is 0. The first-order valence-corrected chi connectivity index (χ1v) is 9.35. The van der Waals surface area contributed by atoms with Gasteiger partial charge in [0, 0.05) is 5.92 Å². The van der Waals surface area contributed by atoms with Gasteiger partial charge in [-0.3, -0.25) is 14.4 Å². The van der Waals surface area contributed by atoms with Crippen molar-refractivity contribution in [3.8, 4) is 0 Å². The van der Waals surface area contributed by atoms with Gasteiger partial charge in [0.05, 0.1) is 17.3 Å². The predicted octanol–water partition coefficient (Wildman–Crippen LogP) is 2.92. The second-order valence-electron chi connectivity index (χ2n) is 8.25. The number of allylic oxidation sites excluding steroid dienone is 2. The van der Waals surface area contributed by atoms with E-state index in [1.165, 1.54) is 0 Å². The average Bonchev–Trinajstić information content (AvgIpc) is 2.99. The van der Waals surface area contributed by atoms with E-state index in [0.717, 1.165) is 0 Å². The van der Waals surface area contributed by atoms with Crippen LogP contribution >= 0.6 is 0 Å². The molecule has 0 aromatic rings. The van der Waals surface area contributed by atoms with Crippen LogP contribution in [0.3, 0.4) is 0 Å². The monoisotopic (exact) mass is 348 g/mol. The third-order valence-electron chi connectivity index (χ3n) is 6.74. The third kappa shape index (κ3) is 2.63. The average molecular weight is 348 g/mol. The van der Waals surface area contributed by atoms with Gasteiger partial charge in [-0.2, -0.15) is 0 Å². The molecule has 3 aliphatic rings. The van der Waals surface area contributed by atoms with Gasteiger partial charge >= 0.3 is 11.9 Å². The molecule has 1 saturated heterocycles. The molecule has 0 radical (unpaired) electrons. The smallest absolute Gasteiger partial charge is 0.309 e. The number of fused-ring (bicyclic) bond motifs is 2. The van der Waals surface area contributed by atoms with E-state index in [0.29, 0.717) is 12.8 Å². The number of carbonyl (C=O) groups is 3. The zero-order valence-electron chi connectivity index (χ0n) is 15.7. The Balaban J connectivity index is 2.04. The Morgan fingerprint density at radius 3 is 2.72 bits per heavy atom. The molecular weight excluding hydrogens is 320 g/mol. The molecule has 2 fully saturated rings. The normalized spacial score (nSPS) is 43.9. The molecule has 2 unspecified atom stereocenters. The lowest BCUT2D eigenvalue weighted by molar-refractivity contribution is -0.171. The SMILES string of the molecule is CCC(C)C(=O)O[C@H]1[C@H]2[C@@H](C[C@@H](C)C3C=CC(=O)[C@]31C)OC(=O)[C@@H]2C. The van der Waals surface area contributed by atoms with Crippen LogP contribution in [0.2, 0.25) is 0 Å². The number of hydrogen-bond acceptors (Lipinski definition) is 5. The molecule has 1 heterocycles. The summed E-state index contributed by atoms with van der Waals surface area (Å²) in [5.41, 5.74) is -0.829. The van der Waals surface area contributed by atoms with Gasteiger partial charge in [0.2, 0.25) is 0 Å². The van der Waals surface area contributed by atoms with Crippen molar-refractivity contribution in [2.45, 2.75) is 59.7 Å². The fourth-order valence-corrected chi connectivity index (χ4v) is 4.84. The Labute approximate surface area is 149 Å². The van der Waals surface area contributed by atoms with Crippen molar-refractivity contribution in [3.05, 3.63) is 12.2 Å². The highest BCUT2D eigenvalue weighted by molar-refractivity contribution is 5.98. The summed E-state index contributed by atoms with van der Waals surface area (Å²) in [6, 6.07) is 0. The maximum atomic E-state index is 12.8. The fourth-order valence-electron chi connectivity index (χ4n) is 4.84. The maximum absolute atomic E-state index is 12.8. The van der Waals surface area contributed by atoms with Crippen molar-refractivity contribution in [3.63, 3.8) is 0 Å². The lowest BCUT2D eigenvalue weighted by Gasteiger charge is -2.40. The van der Waals surface area contributed by atoms with Gasteiger partial charge in [-0.05, 0) is 37.7 Å². The fraction of sp³-hybridized carbons (Fsp3) is 0.750. The lowest BCUT2D eigenvalue weighted by atomic mass is 9.66. The molecule has 0 amide bonds. The van der Waals surface area contributed by atoms with E-state index in [9.17, 15) is 14.4 Å². The Bertz CT molecular complexity index is 624. The summed E-state index contributed by atoms with van der Waals surface area (Å²) in [5.74, 6) is -1.30. The van der Waals surface area contributed by atoms with E-state index < -0.39 is 11.5 Å². The summed E-state index contributed by atoms with van der Waals surface area (Å²) < 4.78 is 11.6. The van der Waals surface area contributed by atoms with Crippen LogP contribution < -0.4 is 0 Å². The molecule has 8 atom stereocenters. The Hall–Kier alpha value is -1.65. The summed E-state index contributed by atoms with van der Waals surface area (Å²) in [4.78, 5) is 37.6. The number of ketones is 1. The molecule has 0 aromatic carbocycles. The van der Waals surface area contributed by atoms with Gasteiger partial charge < -0.3 is 9.47 Å². The second-order valence-corrected chi connectivity index (χ2v) is 8.25. The van der Waals surface area contributed by atoms with E-state index in [4.69, 9.17) is 9.47 Å².